The highest BCUT2D eigenvalue weighted by Gasteiger charge is 2.26. The zero-order valence-electron chi connectivity index (χ0n) is 19.3. The Hall–Kier alpha value is -4.24. The molecule has 0 aliphatic carbocycles. The number of cyclic esters (lactones) is 1. The summed E-state index contributed by atoms with van der Waals surface area (Å²) >= 11 is 6.45. The van der Waals surface area contributed by atoms with E-state index in [1.54, 1.807) is 50.2 Å². The molecule has 3 aromatic rings. The van der Waals surface area contributed by atoms with Crippen molar-refractivity contribution in [1.29, 1.82) is 0 Å². The molecule has 0 bridgehead atoms. The van der Waals surface area contributed by atoms with Crippen LogP contribution in [0.25, 0.3) is 6.08 Å². The van der Waals surface area contributed by atoms with E-state index < -0.39 is 10.9 Å². The first-order chi connectivity index (χ1) is 17.2. The van der Waals surface area contributed by atoms with E-state index in [2.05, 4.69) is 4.99 Å². The highest BCUT2D eigenvalue weighted by atomic mass is 35.5. The van der Waals surface area contributed by atoms with Crippen molar-refractivity contribution in [2.45, 2.75) is 20.5 Å². The first kappa shape index (κ1) is 24.9. The van der Waals surface area contributed by atoms with Gasteiger partial charge < -0.3 is 14.2 Å². The minimum atomic E-state index is -0.714. The molecule has 0 N–H and O–H groups in total. The number of ether oxygens (including phenoxy) is 3. The minimum Gasteiger partial charge on any atom is -0.490 e. The number of halogens is 2. The summed E-state index contributed by atoms with van der Waals surface area (Å²) in [7, 11) is 0. The molecule has 0 saturated heterocycles. The number of aryl methyl sites for hydroxylation is 1. The van der Waals surface area contributed by atoms with Crippen LogP contribution in [0.3, 0.4) is 0 Å². The molecule has 1 aliphatic rings. The SMILES string of the molecule is CCOc1cc(/C=C2\N=C(c3ccc(C)c([N+](=O)[O-])c3)OC2=O)cc(Cl)c1OCc1cccc(F)c1. The predicted octanol–water partition coefficient (Wildman–Crippen LogP) is 6.02. The number of aliphatic imine (C=N–C) groups is 1. The zero-order valence-corrected chi connectivity index (χ0v) is 20.0. The smallest absolute Gasteiger partial charge is 0.363 e. The van der Waals surface area contributed by atoms with Gasteiger partial charge in [0.15, 0.2) is 17.2 Å². The van der Waals surface area contributed by atoms with E-state index >= 15 is 0 Å². The van der Waals surface area contributed by atoms with Gasteiger partial charge in [-0.1, -0.05) is 29.8 Å². The Kier molecular flexibility index (Phi) is 7.30. The standard InChI is InChI=1S/C26H20ClFN2O6/c1-3-34-23-12-17(10-20(27)24(23)35-14-16-5-4-6-19(28)9-16)11-21-26(31)36-25(29-21)18-8-7-15(2)22(13-18)30(32)33/h4-13H,3,14H2,1-2H3/b21-11-. The third-order valence-electron chi connectivity index (χ3n) is 5.18. The van der Waals surface area contributed by atoms with Crippen LogP contribution in [0.15, 0.2) is 65.3 Å². The van der Waals surface area contributed by atoms with Crippen molar-refractivity contribution in [2.24, 2.45) is 4.99 Å². The number of benzene rings is 3. The predicted molar refractivity (Wildman–Crippen MR) is 132 cm³/mol. The van der Waals surface area contributed by atoms with Crippen LogP contribution in [0.5, 0.6) is 11.5 Å². The average Bonchev–Trinajstić information content (AvgIpc) is 3.19. The number of hydrogen-bond acceptors (Lipinski definition) is 7. The third kappa shape index (κ3) is 5.52. The number of nitrogens with zero attached hydrogens (tertiary/aromatic N) is 2. The largest absolute Gasteiger partial charge is 0.490 e. The molecule has 4 rings (SSSR count). The summed E-state index contributed by atoms with van der Waals surface area (Å²) in [6.07, 6.45) is 1.46. The number of esters is 1. The average molecular weight is 511 g/mol. The lowest BCUT2D eigenvalue weighted by Crippen LogP contribution is -2.06. The number of carbonyl (C=O) groups is 1. The fourth-order valence-electron chi connectivity index (χ4n) is 3.49. The lowest BCUT2D eigenvalue weighted by molar-refractivity contribution is -0.385. The highest BCUT2D eigenvalue weighted by molar-refractivity contribution is 6.32. The fourth-order valence-corrected chi connectivity index (χ4v) is 3.76. The lowest BCUT2D eigenvalue weighted by Gasteiger charge is -2.14. The van der Waals surface area contributed by atoms with Gasteiger partial charge in [0.1, 0.15) is 12.4 Å². The maximum Gasteiger partial charge on any atom is 0.363 e. The number of nitro groups is 1. The van der Waals surface area contributed by atoms with Gasteiger partial charge in [-0.05, 0) is 61.4 Å². The maximum atomic E-state index is 13.5. The van der Waals surface area contributed by atoms with Crippen molar-refractivity contribution in [2.75, 3.05) is 6.61 Å². The van der Waals surface area contributed by atoms with E-state index in [-0.39, 0.29) is 40.5 Å². The second kappa shape index (κ2) is 10.6. The maximum absolute atomic E-state index is 13.5. The van der Waals surface area contributed by atoms with Crippen LogP contribution >= 0.6 is 11.6 Å². The summed E-state index contributed by atoms with van der Waals surface area (Å²) in [6, 6.07) is 13.6. The second-order valence-electron chi connectivity index (χ2n) is 7.78. The molecule has 0 spiro atoms. The van der Waals surface area contributed by atoms with Crippen LogP contribution in [-0.2, 0) is 16.1 Å². The van der Waals surface area contributed by atoms with Crippen molar-refractivity contribution in [3.63, 3.8) is 0 Å². The molecule has 0 aromatic heterocycles. The zero-order chi connectivity index (χ0) is 25.8. The van der Waals surface area contributed by atoms with Gasteiger partial charge in [-0.2, -0.15) is 0 Å². The monoisotopic (exact) mass is 510 g/mol. The van der Waals surface area contributed by atoms with E-state index in [1.165, 1.54) is 24.3 Å². The van der Waals surface area contributed by atoms with Crippen LogP contribution < -0.4 is 9.47 Å². The van der Waals surface area contributed by atoms with Gasteiger partial charge in [0.2, 0.25) is 5.90 Å². The minimum absolute atomic E-state index is 0.0137. The van der Waals surface area contributed by atoms with Crippen LogP contribution in [0.4, 0.5) is 10.1 Å². The molecular weight excluding hydrogens is 491 g/mol. The molecule has 3 aromatic carbocycles. The molecule has 0 saturated carbocycles. The molecule has 184 valence electrons. The molecule has 10 heteroatoms. The summed E-state index contributed by atoms with van der Waals surface area (Å²) < 4.78 is 30.2. The van der Waals surface area contributed by atoms with E-state index in [0.29, 0.717) is 34.6 Å². The second-order valence-corrected chi connectivity index (χ2v) is 8.18. The summed E-state index contributed by atoms with van der Waals surface area (Å²) in [6.45, 7) is 3.80. The first-order valence-corrected chi connectivity index (χ1v) is 11.2. The van der Waals surface area contributed by atoms with E-state index in [0.717, 1.165) is 0 Å². The number of hydrogen-bond donors (Lipinski definition) is 0. The van der Waals surface area contributed by atoms with E-state index in [4.69, 9.17) is 25.8 Å². The molecular formula is C26H20ClFN2O6. The van der Waals surface area contributed by atoms with Crippen LogP contribution in [0, 0.1) is 22.9 Å². The molecule has 8 nitrogen and oxygen atoms in total. The normalized spacial score (nSPS) is 13.9. The summed E-state index contributed by atoms with van der Waals surface area (Å²) in [5.41, 5.74) is 1.77. The Morgan fingerprint density at radius 3 is 2.69 bits per heavy atom. The van der Waals surface area contributed by atoms with Crippen LogP contribution in [-0.4, -0.2) is 23.4 Å². The van der Waals surface area contributed by atoms with Crippen molar-refractivity contribution in [3.05, 3.63) is 104 Å². The van der Waals surface area contributed by atoms with Gasteiger partial charge in [-0.25, -0.2) is 14.2 Å². The van der Waals surface area contributed by atoms with Crippen molar-refractivity contribution >= 4 is 35.2 Å². The molecule has 0 atom stereocenters. The molecule has 0 amide bonds. The Morgan fingerprint density at radius 2 is 1.97 bits per heavy atom. The van der Waals surface area contributed by atoms with Crippen LogP contribution in [0.2, 0.25) is 5.02 Å². The Bertz CT molecular complexity index is 1420. The van der Waals surface area contributed by atoms with Gasteiger partial charge in [0.25, 0.3) is 5.69 Å². The summed E-state index contributed by atoms with van der Waals surface area (Å²) in [5, 5.41) is 11.5. The van der Waals surface area contributed by atoms with E-state index in [9.17, 15) is 19.3 Å². The molecule has 1 aliphatic heterocycles. The van der Waals surface area contributed by atoms with Crippen molar-refractivity contribution in [3.8, 4) is 11.5 Å². The molecule has 1 heterocycles. The molecule has 0 fully saturated rings. The van der Waals surface area contributed by atoms with Gasteiger partial charge in [-0.15, -0.1) is 0 Å². The molecule has 0 unspecified atom stereocenters. The lowest BCUT2D eigenvalue weighted by atomic mass is 10.1. The highest BCUT2D eigenvalue weighted by Crippen LogP contribution is 2.38. The fraction of sp³-hybridized carbons (Fsp3) is 0.154. The quantitative estimate of drug-likeness (QED) is 0.159. The summed E-state index contributed by atoms with van der Waals surface area (Å²) in [5.74, 6) is -0.528. The summed E-state index contributed by atoms with van der Waals surface area (Å²) in [4.78, 5) is 27.4. The van der Waals surface area contributed by atoms with Crippen molar-refractivity contribution < 1.29 is 28.3 Å². The van der Waals surface area contributed by atoms with Gasteiger partial charge in [0, 0.05) is 17.2 Å². The third-order valence-corrected chi connectivity index (χ3v) is 5.46. The Balaban J connectivity index is 1.63. The van der Waals surface area contributed by atoms with Gasteiger partial charge in [0.05, 0.1) is 16.6 Å². The van der Waals surface area contributed by atoms with Crippen molar-refractivity contribution in [1.82, 2.24) is 0 Å². The van der Waals surface area contributed by atoms with E-state index in [1.807, 2.05) is 0 Å². The number of nitro benzene ring substituents is 1. The Labute approximate surface area is 210 Å². The van der Waals surface area contributed by atoms with Gasteiger partial charge >= 0.3 is 5.97 Å². The number of rotatable bonds is 8. The van der Waals surface area contributed by atoms with Gasteiger partial charge in [-0.3, -0.25) is 10.1 Å². The Morgan fingerprint density at radius 1 is 1.17 bits per heavy atom. The molecule has 0 radical (unpaired) electrons. The number of carbonyl (C=O) groups excluding carboxylic acids is 1. The topological polar surface area (TPSA) is 100 Å². The molecule has 36 heavy (non-hydrogen) atoms. The van der Waals surface area contributed by atoms with Crippen LogP contribution in [0.1, 0.15) is 29.2 Å². The first-order valence-electron chi connectivity index (χ1n) is 10.9.